The Morgan fingerprint density at radius 1 is 0.848 bits per heavy atom. The molecule has 0 amide bonds. The molecule has 2 aliphatic rings. The summed E-state index contributed by atoms with van der Waals surface area (Å²) < 4.78 is 33.7. The fraction of sp³-hybridized carbons (Fsp3) is 0.321. The number of benzene rings is 3. The van der Waals surface area contributed by atoms with E-state index in [9.17, 15) is 18.7 Å². The third-order valence-corrected chi connectivity index (χ3v) is 4.49. The monoisotopic (exact) mass is 456 g/mol. The van der Waals surface area contributed by atoms with Crippen LogP contribution < -0.4 is 5.43 Å². The van der Waals surface area contributed by atoms with Crippen molar-refractivity contribution in [1.82, 2.24) is 0 Å². The molecule has 2 aromatic carbocycles. The molecule has 0 unspecified atom stereocenters. The van der Waals surface area contributed by atoms with E-state index in [-0.39, 0.29) is 11.3 Å². The fourth-order valence-electron chi connectivity index (χ4n) is 3.28. The Morgan fingerprint density at radius 2 is 1.45 bits per heavy atom. The largest absolute Gasteiger partial charge is 0.505 e. The van der Waals surface area contributed by atoms with Crippen molar-refractivity contribution in [2.45, 2.75) is 61.8 Å². The van der Waals surface area contributed by atoms with Gasteiger partial charge in [0.05, 0.1) is 0 Å². The number of hydrogen-bond acceptors (Lipinski definition) is 3. The van der Waals surface area contributed by atoms with E-state index in [4.69, 9.17) is 4.42 Å². The van der Waals surface area contributed by atoms with Crippen LogP contribution in [0.25, 0.3) is 33.4 Å². The number of aryl methyl sites for hydroxylation is 2. The van der Waals surface area contributed by atoms with Gasteiger partial charge in [0.25, 0.3) is 0 Å². The van der Waals surface area contributed by atoms with Crippen LogP contribution in [0.5, 0.6) is 5.75 Å². The zero-order chi connectivity index (χ0) is 25.3. The van der Waals surface area contributed by atoms with E-state index in [1.165, 1.54) is 6.42 Å². The molecule has 0 saturated heterocycles. The standard InChI is InChI=1S/C21H14F2O3.C3H8.2C2H6/c1-10-3-4-12(11(2)5-10)21-13-6-15(22)17(24)8-19(13)26-20-9-18(25)16(23)7-14(20)21;1-3-2;2*1-2/h3-9,24H,1-2H3;3H2,1-2H3;2*1-2H3. The first-order valence-electron chi connectivity index (χ1n) is 11.4. The number of fused-ring (bicyclic) bond motifs is 2. The predicted octanol–water partition coefficient (Wildman–Crippen LogP) is 8.63. The number of halogens is 2. The number of rotatable bonds is 1. The fourth-order valence-corrected chi connectivity index (χ4v) is 3.28. The highest BCUT2D eigenvalue weighted by Gasteiger charge is 2.21. The second-order valence-corrected chi connectivity index (χ2v) is 7.08. The van der Waals surface area contributed by atoms with E-state index < -0.39 is 22.8 Å². The molecule has 33 heavy (non-hydrogen) atoms. The van der Waals surface area contributed by atoms with Gasteiger partial charge in [0.2, 0.25) is 5.43 Å². The molecular weight excluding hydrogens is 422 g/mol. The molecule has 5 heteroatoms. The van der Waals surface area contributed by atoms with E-state index in [0.717, 1.165) is 41.0 Å². The molecule has 0 fully saturated rings. The minimum Gasteiger partial charge on any atom is -0.505 e. The molecule has 1 aliphatic carbocycles. The zero-order valence-electron chi connectivity index (χ0n) is 20.8. The number of phenolic OH excluding ortho intramolecular Hbond substituents is 1. The molecule has 0 atom stereocenters. The molecule has 1 aliphatic heterocycles. The van der Waals surface area contributed by atoms with Gasteiger partial charge in [-0.15, -0.1) is 0 Å². The molecule has 1 heterocycles. The maximum absolute atomic E-state index is 14.0. The molecule has 178 valence electrons. The maximum Gasteiger partial charge on any atom is 0.217 e. The van der Waals surface area contributed by atoms with Gasteiger partial charge in [0.1, 0.15) is 11.3 Å². The van der Waals surface area contributed by atoms with Crippen LogP contribution in [-0.2, 0) is 0 Å². The summed E-state index contributed by atoms with van der Waals surface area (Å²) in [4.78, 5) is 11.7. The van der Waals surface area contributed by atoms with Crippen LogP contribution in [-0.4, -0.2) is 5.11 Å². The molecule has 3 nitrogen and oxygen atoms in total. The Kier molecular flexibility index (Phi) is 10.7. The average Bonchev–Trinajstić information content (AvgIpc) is 2.79. The summed E-state index contributed by atoms with van der Waals surface area (Å²) in [5.41, 5.74) is 3.07. The summed E-state index contributed by atoms with van der Waals surface area (Å²) in [6, 6.07) is 10.2. The van der Waals surface area contributed by atoms with Crippen molar-refractivity contribution in [3.05, 3.63) is 75.4 Å². The van der Waals surface area contributed by atoms with Crippen LogP contribution in [0, 0.1) is 25.5 Å². The second-order valence-electron chi connectivity index (χ2n) is 7.08. The van der Waals surface area contributed by atoms with E-state index >= 15 is 0 Å². The molecule has 4 rings (SSSR count). The second kappa shape index (κ2) is 12.7. The molecule has 2 aromatic rings. The summed E-state index contributed by atoms with van der Waals surface area (Å²) in [7, 11) is 0. The minimum atomic E-state index is -0.905. The number of aromatic hydroxyl groups is 1. The molecule has 1 N–H and O–H groups in total. The summed E-state index contributed by atoms with van der Waals surface area (Å²) in [5, 5.41) is 10.1. The van der Waals surface area contributed by atoms with Crippen LogP contribution in [0.4, 0.5) is 8.78 Å². The lowest BCUT2D eigenvalue weighted by molar-refractivity contribution is 0.432. The topological polar surface area (TPSA) is 50.4 Å². The van der Waals surface area contributed by atoms with Gasteiger partial charge < -0.3 is 9.52 Å². The lowest BCUT2D eigenvalue weighted by Crippen LogP contribution is -2.06. The average molecular weight is 457 g/mol. The molecule has 0 spiro atoms. The highest BCUT2D eigenvalue weighted by atomic mass is 19.1. The summed E-state index contributed by atoms with van der Waals surface area (Å²) >= 11 is 0. The number of phenols is 1. The van der Waals surface area contributed by atoms with Crippen LogP contribution in [0.1, 0.15) is 59.1 Å². The first kappa shape index (κ1) is 27.8. The highest BCUT2D eigenvalue weighted by Crippen LogP contribution is 2.42. The summed E-state index contributed by atoms with van der Waals surface area (Å²) in [6.45, 7) is 16.1. The summed E-state index contributed by atoms with van der Waals surface area (Å²) in [6.07, 6.45) is 1.25. The van der Waals surface area contributed by atoms with Crippen LogP contribution in [0.3, 0.4) is 0 Å². The van der Waals surface area contributed by atoms with Crippen molar-refractivity contribution in [3.63, 3.8) is 0 Å². The van der Waals surface area contributed by atoms with E-state index in [1.54, 1.807) is 0 Å². The Balaban J connectivity index is 0.000000705. The zero-order valence-corrected chi connectivity index (χ0v) is 20.8. The van der Waals surface area contributed by atoms with Gasteiger partial charge in [-0.25, -0.2) is 8.78 Å². The van der Waals surface area contributed by atoms with Crippen LogP contribution >= 0.6 is 0 Å². The molecule has 0 saturated carbocycles. The first-order chi connectivity index (χ1) is 15.8. The van der Waals surface area contributed by atoms with Crippen molar-refractivity contribution in [3.8, 4) is 28.2 Å². The van der Waals surface area contributed by atoms with Gasteiger partial charge >= 0.3 is 0 Å². The molecule has 0 aromatic heterocycles. The first-order valence-corrected chi connectivity index (χ1v) is 11.4. The van der Waals surface area contributed by atoms with E-state index in [0.29, 0.717) is 16.5 Å². The molecule has 0 radical (unpaired) electrons. The van der Waals surface area contributed by atoms with Gasteiger partial charge in [-0.3, -0.25) is 4.79 Å². The number of hydrogen-bond donors (Lipinski definition) is 1. The normalized spacial score (nSPS) is 9.88. The molecular formula is C28H34F2O3. The van der Waals surface area contributed by atoms with Crippen LogP contribution in [0.15, 0.2) is 51.7 Å². The SMILES string of the molecule is CC.CC.CCC.Cc1ccc(-c2c3cc(F)c(=O)cc-3oc3cc(O)c(F)cc23)c(C)c1. The predicted molar refractivity (Wildman–Crippen MR) is 134 cm³/mol. The smallest absolute Gasteiger partial charge is 0.217 e. The van der Waals surface area contributed by atoms with Gasteiger partial charge in [-0.05, 0) is 37.1 Å². The third-order valence-electron chi connectivity index (χ3n) is 4.49. The van der Waals surface area contributed by atoms with Crippen molar-refractivity contribution in [2.24, 2.45) is 0 Å². The van der Waals surface area contributed by atoms with Crippen molar-refractivity contribution >= 4 is 11.0 Å². The highest BCUT2D eigenvalue weighted by molar-refractivity contribution is 6.02. The molecule has 0 bridgehead atoms. The van der Waals surface area contributed by atoms with E-state index in [2.05, 4.69) is 13.8 Å². The Bertz CT molecular complexity index is 1230. The summed E-state index contributed by atoms with van der Waals surface area (Å²) in [5.74, 6) is -2.10. The van der Waals surface area contributed by atoms with Crippen LogP contribution in [0.2, 0.25) is 0 Å². The minimum absolute atomic E-state index is 0.171. The van der Waals surface area contributed by atoms with Gasteiger partial charge in [0, 0.05) is 28.6 Å². The Labute approximate surface area is 195 Å². The van der Waals surface area contributed by atoms with Gasteiger partial charge in [-0.2, -0.15) is 0 Å². The van der Waals surface area contributed by atoms with Crippen molar-refractivity contribution < 1.29 is 18.3 Å². The van der Waals surface area contributed by atoms with Crippen molar-refractivity contribution in [2.75, 3.05) is 0 Å². The Morgan fingerprint density at radius 3 is 2.03 bits per heavy atom. The van der Waals surface area contributed by atoms with Crippen molar-refractivity contribution in [1.29, 1.82) is 0 Å². The lowest BCUT2D eigenvalue weighted by atomic mass is 9.90. The van der Waals surface area contributed by atoms with E-state index in [1.807, 2.05) is 59.7 Å². The maximum atomic E-state index is 14.0. The lowest BCUT2D eigenvalue weighted by Gasteiger charge is -2.17. The third kappa shape index (κ3) is 6.19. The van der Waals surface area contributed by atoms with Gasteiger partial charge in [-0.1, -0.05) is 71.7 Å². The van der Waals surface area contributed by atoms with Gasteiger partial charge in [0.15, 0.2) is 17.4 Å². The Hall–Kier alpha value is -3.21. The quantitative estimate of drug-likeness (QED) is 0.292.